The molecule has 0 saturated heterocycles. The van der Waals surface area contributed by atoms with Gasteiger partial charge >= 0.3 is 0 Å². The molecular formula is C16H18F2N6O4S. The largest absolute Gasteiger partial charge is 0.381 e. The quantitative estimate of drug-likeness (QED) is 0.522. The number of rotatable bonds is 8. The zero-order valence-electron chi connectivity index (χ0n) is 15.5. The standard InChI is InChI=1S/C16H18F2N6O4S/c1-11(24-6-13(21-22-24)7-28-29(2,26)27)16(25,8-23-10-19-9-20-23)14-4-3-12(17)5-15(14)18/h3-6,9-11,25H,7-8H2,1-2H3/t11-,16-/m1/s1. The first-order chi connectivity index (χ1) is 13.6. The topological polar surface area (TPSA) is 125 Å². The molecule has 13 heteroatoms. The summed E-state index contributed by atoms with van der Waals surface area (Å²) in [5.41, 5.74) is -1.91. The Morgan fingerprint density at radius 1 is 1.34 bits per heavy atom. The molecule has 0 bridgehead atoms. The SMILES string of the molecule is C[C@@H](n1cc(COS(C)(=O)=O)nn1)[C@](O)(Cn1cncn1)c1ccc(F)cc1F. The number of hydrogen-bond acceptors (Lipinski definition) is 8. The molecule has 0 unspecified atom stereocenters. The van der Waals surface area contributed by atoms with Gasteiger partial charge in [0.05, 0.1) is 25.0 Å². The van der Waals surface area contributed by atoms with E-state index in [1.807, 2.05) is 0 Å². The first kappa shape index (κ1) is 21.0. The van der Waals surface area contributed by atoms with Crippen molar-refractivity contribution < 1.29 is 26.5 Å². The maximum absolute atomic E-state index is 14.5. The summed E-state index contributed by atoms with van der Waals surface area (Å²) in [5, 5.41) is 23.1. The minimum atomic E-state index is -3.68. The Hall–Kier alpha value is -2.77. The third-order valence-corrected chi connectivity index (χ3v) is 4.88. The number of benzene rings is 1. The predicted molar refractivity (Wildman–Crippen MR) is 94.6 cm³/mol. The van der Waals surface area contributed by atoms with Crippen LogP contribution in [0.5, 0.6) is 0 Å². The molecule has 0 amide bonds. The highest BCUT2D eigenvalue weighted by Crippen LogP contribution is 2.36. The zero-order valence-corrected chi connectivity index (χ0v) is 16.3. The Morgan fingerprint density at radius 3 is 2.72 bits per heavy atom. The Labute approximate surface area is 164 Å². The van der Waals surface area contributed by atoms with E-state index in [0.717, 1.165) is 18.4 Å². The van der Waals surface area contributed by atoms with Crippen molar-refractivity contribution in [2.75, 3.05) is 6.26 Å². The first-order valence-electron chi connectivity index (χ1n) is 8.34. The minimum Gasteiger partial charge on any atom is -0.381 e. The van der Waals surface area contributed by atoms with E-state index < -0.39 is 33.4 Å². The molecule has 3 rings (SSSR count). The average molecular weight is 428 g/mol. The maximum atomic E-state index is 14.5. The number of halogens is 2. The van der Waals surface area contributed by atoms with Crippen molar-refractivity contribution in [2.45, 2.75) is 31.7 Å². The van der Waals surface area contributed by atoms with Crippen LogP contribution >= 0.6 is 0 Å². The monoisotopic (exact) mass is 428 g/mol. The molecule has 156 valence electrons. The van der Waals surface area contributed by atoms with E-state index in [0.29, 0.717) is 6.07 Å². The summed E-state index contributed by atoms with van der Waals surface area (Å²) in [5.74, 6) is -1.73. The van der Waals surface area contributed by atoms with Gasteiger partial charge in [-0.25, -0.2) is 23.1 Å². The van der Waals surface area contributed by atoms with Crippen LogP contribution in [0.25, 0.3) is 0 Å². The van der Waals surface area contributed by atoms with Crippen molar-refractivity contribution in [3.63, 3.8) is 0 Å². The van der Waals surface area contributed by atoms with Crippen LogP contribution in [0.4, 0.5) is 8.78 Å². The number of hydrogen-bond donors (Lipinski definition) is 1. The van der Waals surface area contributed by atoms with Gasteiger partial charge in [0.25, 0.3) is 10.1 Å². The molecule has 29 heavy (non-hydrogen) atoms. The van der Waals surface area contributed by atoms with Gasteiger partial charge in [0.15, 0.2) is 0 Å². The van der Waals surface area contributed by atoms with E-state index in [2.05, 4.69) is 24.6 Å². The lowest BCUT2D eigenvalue weighted by Gasteiger charge is -2.34. The van der Waals surface area contributed by atoms with Crippen LogP contribution in [0, 0.1) is 11.6 Å². The van der Waals surface area contributed by atoms with Crippen molar-refractivity contribution in [3.05, 3.63) is 59.9 Å². The summed E-state index contributed by atoms with van der Waals surface area (Å²) in [6, 6.07) is 1.93. The third-order valence-electron chi connectivity index (χ3n) is 4.33. The first-order valence-corrected chi connectivity index (χ1v) is 10.2. The Kier molecular flexibility index (Phi) is 5.73. The molecule has 0 spiro atoms. The fourth-order valence-corrected chi connectivity index (χ4v) is 3.13. The van der Waals surface area contributed by atoms with E-state index in [1.165, 1.54) is 28.2 Å². The molecule has 1 N–H and O–H groups in total. The summed E-state index contributed by atoms with van der Waals surface area (Å²) in [4.78, 5) is 3.80. The molecular weight excluding hydrogens is 410 g/mol. The molecule has 2 atom stereocenters. The highest BCUT2D eigenvalue weighted by molar-refractivity contribution is 7.85. The van der Waals surface area contributed by atoms with E-state index >= 15 is 0 Å². The summed E-state index contributed by atoms with van der Waals surface area (Å²) in [6.45, 7) is 0.985. The molecule has 0 aliphatic rings. The third kappa shape index (κ3) is 4.81. The van der Waals surface area contributed by atoms with Crippen molar-refractivity contribution in [1.82, 2.24) is 29.8 Å². The predicted octanol–water partition coefficient (Wildman–Crippen LogP) is 0.773. The van der Waals surface area contributed by atoms with E-state index in [-0.39, 0.29) is 24.4 Å². The lowest BCUT2D eigenvalue weighted by molar-refractivity contribution is -0.0374. The van der Waals surface area contributed by atoms with Gasteiger partial charge in [-0.3, -0.25) is 4.18 Å². The Bertz CT molecular complexity index is 1090. The van der Waals surface area contributed by atoms with Gasteiger partial charge < -0.3 is 5.11 Å². The van der Waals surface area contributed by atoms with Crippen LogP contribution in [0.2, 0.25) is 0 Å². The number of aliphatic hydroxyl groups is 1. The molecule has 10 nitrogen and oxygen atoms in total. The fraction of sp³-hybridized carbons (Fsp3) is 0.375. The molecule has 0 fully saturated rings. The highest BCUT2D eigenvalue weighted by Gasteiger charge is 2.41. The van der Waals surface area contributed by atoms with Crippen LogP contribution < -0.4 is 0 Å². The Morgan fingerprint density at radius 2 is 2.10 bits per heavy atom. The number of nitrogens with zero attached hydrogens (tertiary/aromatic N) is 6. The van der Waals surface area contributed by atoms with Crippen LogP contribution in [-0.4, -0.2) is 49.5 Å². The lowest BCUT2D eigenvalue weighted by atomic mass is 9.86. The second kappa shape index (κ2) is 7.93. The molecule has 3 aromatic rings. The summed E-state index contributed by atoms with van der Waals surface area (Å²) < 4.78 is 57.4. The molecule has 0 aliphatic carbocycles. The average Bonchev–Trinajstić information content (AvgIpc) is 3.30. The van der Waals surface area contributed by atoms with Gasteiger partial charge in [-0.15, -0.1) is 5.10 Å². The van der Waals surface area contributed by atoms with Crippen molar-refractivity contribution in [2.24, 2.45) is 0 Å². The van der Waals surface area contributed by atoms with Gasteiger partial charge in [0, 0.05) is 11.6 Å². The summed E-state index contributed by atoms with van der Waals surface area (Å²) in [6.07, 6.45) is 4.85. The van der Waals surface area contributed by atoms with Gasteiger partial charge in [0.1, 0.15) is 42.2 Å². The minimum absolute atomic E-state index is 0.175. The van der Waals surface area contributed by atoms with Crippen molar-refractivity contribution >= 4 is 10.1 Å². The van der Waals surface area contributed by atoms with E-state index in [9.17, 15) is 22.3 Å². The maximum Gasteiger partial charge on any atom is 0.264 e. The van der Waals surface area contributed by atoms with Crippen molar-refractivity contribution in [1.29, 1.82) is 0 Å². The van der Waals surface area contributed by atoms with Crippen LogP contribution in [-0.2, 0) is 33.1 Å². The van der Waals surface area contributed by atoms with E-state index in [1.54, 1.807) is 6.92 Å². The van der Waals surface area contributed by atoms with Crippen LogP contribution in [0.1, 0.15) is 24.2 Å². The van der Waals surface area contributed by atoms with Crippen LogP contribution in [0.15, 0.2) is 37.1 Å². The molecule has 1 aromatic carbocycles. The second-order valence-corrected chi connectivity index (χ2v) is 8.12. The highest BCUT2D eigenvalue weighted by atomic mass is 32.2. The zero-order chi connectivity index (χ0) is 21.2. The normalized spacial score (nSPS) is 15.2. The van der Waals surface area contributed by atoms with Gasteiger partial charge in [-0.05, 0) is 13.0 Å². The van der Waals surface area contributed by atoms with E-state index in [4.69, 9.17) is 0 Å². The van der Waals surface area contributed by atoms with Gasteiger partial charge in [-0.2, -0.15) is 13.5 Å². The molecule has 2 heterocycles. The molecule has 0 aliphatic heterocycles. The van der Waals surface area contributed by atoms with Crippen LogP contribution in [0.3, 0.4) is 0 Å². The van der Waals surface area contributed by atoms with Gasteiger partial charge in [0.2, 0.25) is 0 Å². The molecule has 0 radical (unpaired) electrons. The van der Waals surface area contributed by atoms with Gasteiger partial charge in [-0.1, -0.05) is 11.3 Å². The molecule has 2 aromatic heterocycles. The fourth-order valence-electron chi connectivity index (χ4n) is 2.80. The number of aromatic nitrogens is 6. The Balaban J connectivity index is 1.96. The smallest absolute Gasteiger partial charge is 0.264 e. The second-order valence-electron chi connectivity index (χ2n) is 6.47. The lowest BCUT2D eigenvalue weighted by Crippen LogP contribution is -2.41. The summed E-state index contributed by atoms with van der Waals surface area (Å²) >= 11 is 0. The molecule has 0 saturated carbocycles. The van der Waals surface area contributed by atoms with Crippen molar-refractivity contribution in [3.8, 4) is 0 Å². The summed E-state index contributed by atoms with van der Waals surface area (Å²) in [7, 11) is -3.68.